The molecule has 1 aromatic heterocycles. The van der Waals surface area contributed by atoms with Crippen LogP contribution in [0.15, 0.2) is 0 Å². The molecule has 0 saturated carbocycles. The van der Waals surface area contributed by atoms with E-state index >= 15 is 0 Å². The smallest absolute Gasteiger partial charge is 0.434 e. The van der Waals surface area contributed by atoms with Crippen LogP contribution in [0.1, 0.15) is 39.0 Å². The van der Waals surface area contributed by atoms with Gasteiger partial charge >= 0.3 is 24.3 Å². The maximum Gasteiger partial charge on any atom is 0.434 e. The first kappa shape index (κ1) is 19.5. The number of aromatic carboxylic acids is 1. The number of halogens is 6. The summed E-state index contributed by atoms with van der Waals surface area (Å²) < 4.78 is 86.6. The number of ether oxygens (including phenoxy) is 2. The number of nitrogens with zero attached hydrogens (tertiary/aromatic N) is 1. The fraction of sp³-hybridized carbons (Fsp3) is 0.417. The van der Waals surface area contributed by atoms with Gasteiger partial charge in [-0.05, 0) is 6.92 Å². The number of hydrogen-bond donors (Lipinski definition) is 1. The van der Waals surface area contributed by atoms with Crippen LogP contribution in [0.3, 0.4) is 0 Å². The Kier molecular flexibility index (Phi) is 5.31. The maximum atomic E-state index is 13.0. The Bertz CT molecular complexity index is 667. The lowest BCUT2D eigenvalue weighted by Crippen LogP contribution is -2.26. The summed E-state index contributed by atoms with van der Waals surface area (Å²) in [6.45, 7) is 0.663. The molecule has 0 unspecified atom stereocenters. The molecule has 0 saturated heterocycles. The number of pyridine rings is 1. The average molecular weight is 361 g/mol. The van der Waals surface area contributed by atoms with Crippen molar-refractivity contribution >= 4 is 11.9 Å². The third kappa shape index (κ3) is 3.68. The lowest BCUT2D eigenvalue weighted by atomic mass is 10.0. The van der Waals surface area contributed by atoms with E-state index < -0.39 is 59.2 Å². The van der Waals surface area contributed by atoms with Crippen molar-refractivity contribution in [1.29, 1.82) is 0 Å². The molecular formula is C12H9F6NO5. The monoisotopic (exact) mass is 361 g/mol. The molecule has 134 valence electrons. The summed E-state index contributed by atoms with van der Waals surface area (Å²) in [6, 6.07) is 0. The standard InChI is InChI=1S/C12H9F6NO5/c1-3-24-6-4(9(20)21)7(11(13,14)15)19-8(12(16,17)18)5(6)10(22)23-2/h3H2,1-2H3,(H,20,21). The van der Waals surface area contributed by atoms with Crippen molar-refractivity contribution in [3.05, 3.63) is 22.5 Å². The van der Waals surface area contributed by atoms with Crippen LogP contribution in [0, 0.1) is 0 Å². The fourth-order valence-electron chi connectivity index (χ4n) is 1.75. The molecule has 0 aliphatic carbocycles. The van der Waals surface area contributed by atoms with Crippen LogP contribution < -0.4 is 4.74 Å². The van der Waals surface area contributed by atoms with E-state index in [1.165, 1.54) is 6.92 Å². The van der Waals surface area contributed by atoms with Crippen LogP contribution in [0.2, 0.25) is 0 Å². The Morgan fingerprint density at radius 1 is 1.04 bits per heavy atom. The summed E-state index contributed by atoms with van der Waals surface area (Å²) in [5.74, 6) is -5.42. The predicted molar refractivity (Wildman–Crippen MR) is 63.7 cm³/mol. The van der Waals surface area contributed by atoms with E-state index in [4.69, 9.17) is 5.11 Å². The number of carbonyl (C=O) groups excluding carboxylic acids is 1. The molecular weight excluding hydrogens is 352 g/mol. The van der Waals surface area contributed by atoms with Gasteiger partial charge in [0, 0.05) is 0 Å². The van der Waals surface area contributed by atoms with Crippen molar-refractivity contribution in [2.24, 2.45) is 0 Å². The van der Waals surface area contributed by atoms with Gasteiger partial charge in [0.25, 0.3) is 0 Å². The maximum absolute atomic E-state index is 13.0. The molecule has 1 aromatic rings. The van der Waals surface area contributed by atoms with Crippen molar-refractivity contribution in [3.8, 4) is 5.75 Å². The van der Waals surface area contributed by atoms with Crippen molar-refractivity contribution in [1.82, 2.24) is 4.98 Å². The summed E-state index contributed by atoms with van der Waals surface area (Å²) >= 11 is 0. The minimum atomic E-state index is -5.53. The quantitative estimate of drug-likeness (QED) is 0.656. The van der Waals surface area contributed by atoms with E-state index in [2.05, 4.69) is 14.5 Å². The second-order valence-electron chi connectivity index (χ2n) is 4.11. The number of carboxylic acid groups (broad SMARTS) is 1. The van der Waals surface area contributed by atoms with Crippen LogP contribution in [-0.2, 0) is 17.1 Å². The molecule has 1 N–H and O–H groups in total. The zero-order valence-corrected chi connectivity index (χ0v) is 12.0. The minimum Gasteiger partial charge on any atom is -0.492 e. The van der Waals surface area contributed by atoms with Crippen molar-refractivity contribution < 1.29 is 50.5 Å². The number of esters is 1. The van der Waals surface area contributed by atoms with Crippen LogP contribution in [-0.4, -0.2) is 35.7 Å². The lowest BCUT2D eigenvalue weighted by molar-refractivity contribution is -0.151. The average Bonchev–Trinajstić information content (AvgIpc) is 2.43. The van der Waals surface area contributed by atoms with Gasteiger partial charge in [-0.2, -0.15) is 26.3 Å². The Labute approximate surface area is 130 Å². The second-order valence-corrected chi connectivity index (χ2v) is 4.11. The highest BCUT2D eigenvalue weighted by molar-refractivity contribution is 6.01. The molecule has 0 amide bonds. The Morgan fingerprint density at radius 2 is 1.50 bits per heavy atom. The molecule has 0 fully saturated rings. The zero-order valence-electron chi connectivity index (χ0n) is 12.0. The summed E-state index contributed by atoms with van der Waals surface area (Å²) in [5.41, 5.74) is -7.84. The number of aromatic nitrogens is 1. The largest absolute Gasteiger partial charge is 0.492 e. The first-order valence-corrected chi connectivity index (χ1v) is 6.03. The predicted octanol–water partition coefficient (Wildman–Crippen LogP) is 3.00. The number of rotatable bonds is 4. The van der Waals surface area contributed by atoms with Crippen molar-refractivity contribution in [2.45, 2.75) is 19.3 Å². The Balaban J connectivity index is 4.09. The molecule has 0 radical (unpaired) electrons. The molecule has 0 bridgehead atoms. The van der Waals surface area contributed by atoms with E-state index in [1.54, 1.807) is 0 Å². The van der Waals surface area contributed by atoms with Gasteiger partial charge in [-0.25, -0.2) is 14.6 Å². The van der Waals surface area contributed by atoms with Gasteiger partial charge in [0.1, 0.15) is 11.1 Å². The third-order valence-electron chi connectivity index (χ3n) is 2.58. The summed E-state index contributed by atoms with van der Waals surface area (Å²) in [4.78, 5) is 25.1. The SMILES string of the molecule is CCOc1c(C(=O)O)c(C(F)(F)F)nc(C(F)(F)F)c1C(=O)OC. The highest BCUT2D eigenvalue weighted by Gasteiger charge is 2.48. The Hall–Kier alpha value is -2.53. The molecule has 0 aliphatic heterocycles. The van der Waals surface area contributed by atoms with Gasteiger partial charge < -0.3 is 14.6 Å². The number of carbonyl (C=O) groups is 2. The summed E-state index contributed by atoms with van der Waals surface area (Å²) in [7, 11) is 0.663. The number of alkyl halides is 6. The molecule has 0 atom stereocenters. The van der Waals surface area contributed by atoms with Crippen LogP contribution in [0.25, 0.3) is 0 Å². The molecule has 24 heavy (non-hydrogen) atoms. The zero-order chi connectivity index (χ0) is 18.9. The van der Waals surface area contributed by atoms with E-state index in [0.29, 0.717) is 7.11 Å². The second kappa shape index (κ2) is 6.53. The van der Waals surface area contributed by atoms with Gasteiger partial charge in [0.05, 0.1) is 13.7 Å². The highest BCUT2D eigenvalue weighted by atomic mass is 19.4. The lowest BCUT2D eigenvalue weighted by Gasteiger charge is -2.20. The molecule has 0 aliphatic rings. The fourth-order valence-corrected chi connectivity index (χ4v) is 1.75. The van der Waals surface area contributed by atoms with Crippen LogP contribution >= 0.6 is 0 Å². The molecule has 12 heteroatoms. The molecule has 0 aromatic carbocycles. The summed E-state index contributed by atoms with van der Waals surface area (Å²) in [6.07, 6.45) is -11.0. The van der Waals surface area contributed by atoms with Gasteiger partial charge in [0.2, 0.25) is 0 Å². The molecule has 0 spiro atoms. The topological polar surface area (TPSA) is 85.7 Å². The molecule has 6 nitrogen and oxygen atoms in total. The van der Waals surface area contributed by atoms with Crippen molar-refractivity contribution in [3.63, 3.8) is 0 Å². The van der Waals surface area contributed by atoms with Gasteiger partial charge in [0.15, 0.2) is 17.1 Å². The minimum absolute atomic E-state index is 0.511. The number of carboxylic acids is 1. The van der Waals surface area contributed by atoms with Crippen molar-refractivity contribution in [2.75, 3.05) is 13.7 Å². The Morgan fingerprint density at radius 3 is 1.83 bits per heavy atom. The van der Waals surface area contributed by atoms with E-state index in [-0.39, 0.29) is 0 Å². The number of hydrogen-bond acceptors (Lipinski definition) is 5. The third-order valence-corrected chi connectivity index (χ3v) is 2.58. The van der Waals surface area contributed by atoms with Gasteiger partial charge in [-0.15, -0.1) is 0 Å². The van der Waals surface area contributed by atoms with Gasteiger partial charge in [-0.1, -0.05) is 0 Å². The molecule has 1 rings (SSSR count). The van der Waals surface area contributed by atoms with Gasteiger partial charge in [-0.3, -0.25) is 0 Å². The van der Waals surface area contributed by atoms with E-state index in [9.17, 15) is 35.9 Å². The van der Waals surface area contributed by atoms with E-state index in [1.807, 2.05) is 0 Å². The molecule has 1 heterocycles. The van der Waals surface area contributed by atoms with E-state index in [0.717, 1.165) is 0 Å². The highest BCUT2D eigenvalue weighted by Crippen LogP contribution is 2.42. The first-order chi connectivity index (χ1) is 10.9. The van der Waals surface area contributed by atoms with Crippen LogP contribution in [0.4, 0.5) is 26.3 Å². The summed E-state index contributed by atoms with van der Waals surface area (Å²) in [5, 5.41) is 8.96. The van der Waals surface area contributed by atoms with Crippen LogP contribution in [0.5, 0.6) is 5.75 Å². The first-order valence-electron chi connectivity index (χ1n) is 6.03. The number of methoxy groups -OCH3 is 1. The normalized spacial score (nSPS) is 12.0.